The smallest absolute Gasteiger partial charge is 0.255 e. The molecule has 0 fully saturated rings. The Balaban J connectivity index is 3.13. The van der Waals surface area contributed by atoms with E-state index in [9.17, 15) is 4.79 Å². The summed E-state index contributed by atoms with van der Waals surface area (Å²) >= 11 is 0. The van der Waals surface area contributed by atoms with E-state index in [0.717, 1.165) is 23.1 Å². The molecule has 0 atom stereocenters. The van der Waals surface area contributed by atoms with Gasteiger partial charge in [-0.15, -0.1) is 6.42 Å². The molecule has 2 heteroatoms. The van der Waals surface area contributed by atoms with Crippen molar-refractivity contribution >= 4 is 5.91 Å². The van der Waals surface area contributed by atoms with Crippen LogP contribution in [0, 0.1) is 33.1 Å². The molecule has 0 N–H and O–H groups in total. The number of hydrogen-bond donors (Lipinski definition) is 0. The molecule has 0 spiro atoms. The van der Waals surface area contributed by atoms with Crippen molar-refractivity contribution in [3.05, 3.63) is 34.4 Å². The van der Waals surface area contributed by atoms with Gasteiger partial charge in [-0.25, -0.2) is 0 Å². The van der Waals surface area contributed by atoms with Crippen molar-refractivity contribution in [1.29, 1.82) is 0 Å². The summed E-state index contributed by atoms with van der Waals surface area (Å²) in [5.74, 6) is 2.60. The molecule has 1 aromatic rings. The van der Waals surface area contributed by atoms with Crippen molar-refractivity contribution in [3.63, 3.8) is 0 Å². The highest BCUT2D eigenvalue weighted by Crippen LogP contribution is 2.18. The van der Waals surface area contributed by atoms with Gasteiger partial charge in [0.25, 0.3) is 5.91 Å². The van der Waals surface area contributed by atoms with Gasteiger partial charge in [-0.2, -0.15) is 0 Å². The second-order valence-electron chi connectivity index (χ2n) is 4.70. The number of aryl methyl sites for hydroxylation is 3. The number of carbonyl (C=O) groups is 1. The maximum absolute atomic E-state index is 12.5. The van der Waals surface area contributed by atoms with Crippen molar-refractivity contribution in [2.45, 2.75) is 34.1 Å². The van der Waals surface area contributed by atoms with Crippen LogP contribution in [0.25, 0.3) is 0 Å². The van der Waals surface area contributed by atoms with E-state index in [-0.39, 0.29) is 5.91 Å². The lowest BCUT2D eigenvalue weighted by molar-refractivity contribution is 0.0775. The van der Waals surface area contributed by atoms with Crippen LogP contribution in [0.5, 0.6) is 0 Å². The minimum atomic E-state index is 0.0461. The molecule has 0 saturated heterocycles. The molecule has 0 aliphatic rings. The molecule has 0 bridgehead atoms. The highest BCUT2D eigenvalue weighted by Gasteiger charge is 2.18. The first-order valence-corrected chi connectivity index (χ1v) is 6.31. The summed E-state index contributed by atoms with van der Waals surface area (Å²) in [4.78, 5) is 14.2. The van der Waals surface area contributed by atoms with Crippen molar-refractivity contribution in [2.24, 2.45) is 0 Å². The van der Waals surface area contributed by atoms with Gasteiger partial charge in [0, 0.05) is 12.1 Å². The molecule has 1 rings (SSSR count). The molecular formula is C16H21NO. The third-order valence-corrected chi connectivity index (χ3v) is 2.95. The van der Waals surface area contributed by atoms with Gasteiger partial charge in [-0.1, -0.05) is 30.5 Å². The lowest BCUT2D eigenvalue weighted by Gasteiger charge is -2.22. The average molecular weight is 243 g/mol. The van der Waals surface area contributed by atoms with Gasteiger partial charge < -0.3 is 4.90 Å². The molecule has 0 aliphatic carbocycles. The van der Waals surface area contributed by atoms with Crippen molar-refractivity contribution in [2.75, 3.05) is 13.1 Å². The number of terminal acetylenes is 1. The predicted octanol–water partition coefficient (Wildman–Crippen LogP) is 3.10. The fraction of sp³-hybridized carbons (Fsp3) is 0.438. The third kappa shape index (κ3) is 3.13. The minimum Gasteiger partial charge on any atom is -0.328 e. The molecule has 1 amide bonds. The van der Waals surface area contributed by atoms with Crippen LogP contribution in [0.15, 0.2) is 12.1 Å². The Labute approximate surface area is 110 Å². The highest BCUT2D eigenvalue weighted by atomic mass is 16.2. The zero-order chi connectivity index (χ0) is 13.7. The second kappa shape index (κ2) is 6.26. The Hall–Kier alpha value is -1.75. The topological polar surface area (TPSA) is 20.3 Å². The molecule has 0 aliphatic heterocycles. The lowest BCUT2D eigenvalue weighted by Crippen LogP contribution is -2.33. The lowest BCUT2D eigenvalue weighted by atomic mass is 9.98. The van der Waals surface area contributed by atoms with E-state index in [1.807, 2.05) is 39.8 Å². The molecule has 0 unspecified atom stereocenters. The SMILES string of the molecule is C#CCN(CCC)C(=O)c1c(C)cc(C)cc1C. The molecule has 0 radical (unpaired) electrons. The molecule has 2 nitrogen and oxygen atoms in total. The summed E-state index contributed by atoms with van der Waals surface area (Å²) in [6, 6.07) is 4.08. The highest BCUT2D eigenvalue weighted by molar-refractivity contribution is 5.97. The summed E-state index contributed by atoms with van der Waals surface area (Å²) in [6.07, 6.45) is 6.25. The number of nitrogens with zero attached hydrogens (tertiary/aromatic N) is 1. The summed E-state index contributed by atoms with van der Waals surface area (Å²) in [5, 5.41) is 0. The van der Waals surface area contributed by atoms with Gasteiger partial charge in [0.05, 0.1) is 6.54 Å². The standard InChI is InChI=1S/C16H21NO/c1-6-8-17(9-7-2)16(18)15-13(4)10-12(3)11-14(15)5/h1,10-11H,7-9H2,2-5H3. The van der Waals surface area contributed by atoms with Crippen LogP contribution in [0.4, 0.5) is 0 Å². The van der Waals surface area contributed by atoms with Gasteiger partial charge in [-0.05, 0) is 38.3 Å². The van der Waals surface area contributed by atoms with Gasteiger partial charge in [0.1, 0.15) is 0 Å². The average Bonchev–Trinajstić information content (AvgIpc) is 2.27. The van der Waals surface area contributed by atoms with Crippen LogP contribution in [0.3, 0.4) is 0 Å². The fourth-order valence-corrected chi connectivity index (χ4v) is 2.31. The monoisotopic (exact) mass is 243 g/mol. The summed E-state index contributed by atoms with van der Waals surface area (Å²) < 4.78 is 0. The largest absolute Gasteiger partial charge is 0.328 e. The first-order chi connectivity index (χ1) is 8.51. The second-order valence-corrected chi connectivity index (χ2v) is 4.70. The number of carbonyl (C=O) groups excluding carboxylic acids is 1. The molecule has 96 valence electrons. The van der Waals surface area contributed by atoms with Crippen LogP contribution < -0.4 is 0 Å². The zero-order valence-electron chi connectivity index (χ0n) is 11.7. The first-order valence-electron chi connectivity index (χ1n) is 6.31. The van der Waals surface area contributed by atoms with Crippen LogP contribution >= 0.6 is 0 Å². The van der Waals surface area contributed by atoms with Crippen LogP contribution in [0.2, 0.25) is 0 Å². The fourth-order valence-electron chi connectivity index (χ4n) is 2.31. The first kappa shape index (κ1) is 14.3. The van der Waals surface area contributed by atoms with Crippen molar-refractivity contribution in [3.8, 4) is 12.3 Å². The van der Waals surface area contributed by atoms with E-state index in [1.54, 1.807) is 4.90 Å². The molecule has 0 heterocycles. The van der Waals surface area contributed by atoms with E-state index < -0.39 is 0 Å². The zero-order valence-corrected chi connectivity index (χ0v) is 11.7. The molecule has 18 heavy (non-hydrogen) atoms. The van der Waals surface area contributed by atoms with Gasteiger partial charge in [-0.3, -0.25) is 4.79 Å². The van der Waals surface area contributed by atoms with Crippen LogP contribution in [-0.2, 0) is 0 Å². The van der Waals surface area contributed by atoms with Crippen LogP contribution in [0.1, 0.15) is 40.4 Å². The van der Waals surface area contributed by atoms with Crippen molar-refractivity contribution in [1.82, 2.24) is 4.90 Å². The van der Waals surface area contributed by atoms with Gasteiger partial charge >= 0.3 is 0 Å². The molecular weight excluding hydrogens is 222 g/mol. The molecule has 1 aromatic carbocycles. The van der Waals surface area contributed by atoms with E-state index in [1.165, 1.54) is 5.56 Å². The maximum atomic E-state index is 12.5. The number of hydrogen-bond acceptors (Lipinski definition) is 1. The maximum Gasteiger partial charge on any atom is 0.255 e. The van der Waals surface area contributed by atoms with E-state index in [2.05, 4.69) is 5.92 Å². The van der Waals surface area contributed by atoms with Crippen LogP contribution in [-0.4, -0.2) is 23.9 Å². The Morgan fingerprint density at radius 3 is 2.28 bits per heavy atom. The minimum absolute atomic E-state index is 0.0461. The van der Waals surface area contributed by atoms with E-state index in [4.69, 9.17) is 6.42 Å². The number of benzene rings is 1. The van der Waals surface area contributed by atoms with E-state index in [0.29, 0.717) is 13.1 Å². The Morgan fingerprint density at radius 2 is 1.83 bits per heavy atom. The quantitative estimate of drug-likeness (QED) is 0.744. The number of rotatable bonds is 4. The Morgan fingerprint density at radius 1 is 1.28 bits per heavy atom. The normalized spacial score (nSPS) is 9.94. The predicted molar refractivity (Wildman–Crippen MR) is 75.7 cm³/mol. The van der Waals surface area contributed by atoms with Gasteiger partial charge in [0.15, 0.2) is 0 Å². The molecule has 0 aromatic heterocycles. The number of amides is 1. The summed E-state index contributed by atoms with van der Waals surface area (Å²) in [5.41, 5.74) is 4.02. The van der Waals surface area contributed by atoms with Crippen molar-refractivity contribution < 1.29 is 4.79 Å². The molecule has 0 saturated carbocycles. The Kier molecular flexibility index (Phi) is 4.97. The third-order valence-electron chi connectivity index (χ3n) is 2.95. The van der Waals surface area contributed by atoms with E-state index >= 15 is 0 Å². The van der Waals surface area contributed by atoms with Gasteiger partial charge in [0.2, 0.25) is 0 Å². The Bertz CT molecular complexity index is 459. The summed E-state index contributed by atoms with van der Waals surface area (Å²) in [7, 11) is 0. The summed E-state index contributed by atoms with van der Waals surface area (Å²) in [6.45, 7) is 9.13.